The van der Waals surface area contributed by atoms with E-state index in [0.717, 1.165) is 24.4 Å². The molecule has 5 heteroatoms. The van der Waals surface area contributed by atoms with E-state index in [9.17, 15) is 5.11 Å². The zero-order valence-electron chi connectivity index (χ0n) is 12.1. The van der Waals surface area contributed by atoms with Crippen LogP contribution in [-0.2, 0) is 6.54 Å². The van der Waals surface area contributed by atoms with Crippen molar-refractivity contribution in [2.75, 3.05) is 13.6 Å². The Morgan fingerprint density at radius 2 is 2.05 bits per heavy atom. The second-order valence-corrected chi connectivity index (χ2v) is 5.97. The summed E-state index contributed by atoms with van der Waals surface area (Å²) in [7, 11) is 2.01. The number of nitrogens with zero attached hydrogens (tertiary/aromatic N) is 1. The van der Waals surface area contributed by atoms with Crippen LogP contribution < -0.4 is 0 Å². The molecule has 114 valence electrons. The van der Waals surface area contributed by atoms with E-state index in [1.807, 2.05) is 20.0 Å². The number of hydrogen-bond acceptors (Lipinski definition) is 3. The first-order valence-corrected chi connectivity index (χ1v) is 7.58. The monoisotopic (exact) mass is 327 g/mol. The molecule has 1 heterocycles. The van der Waals surface area contributed by atoms with Gasteiger partial charge in [0.25, 0.3) is 0 Å². The smallest absolute Gasteiger partial charge is 0.105 e. The van der Waals surface area contributed by atoms with Crippen molar-refractivity contribution in [2.24, 2.45) is 0 Å². The summed E-state index contributed by atoms with van der Waals surface area (Å²) in [6.45, 7) is 3.48. The highest BCUT2D eigenvalue weighted by Gasteiger charge is 2.14. The van der Waals surface area contributed by atoms with Gasteiger partial charge in [0.2, 0.25) is 0 Å². The topological polar surface area (TPSA) is 36.6 Å². The molecule has 0 amide bonds. The summed E-state index contributed by atoms with van der Waals surface area (Å²) in [4.78, 5) is 2.14. The predicted molar refractivity (Wildman–Crippen MR) is 85.8 cm³/mol. The average molecular weight is 328 g/mol. The van der Waals surface area contributed by atoms with Crippen LogP contribution in [0.1, 0.15) is 29.4 Å². The third kappa shape index (κ3) is 4.24. The van der Waals surface area contributed by atoms with Gasteiger partial charge in [-0.05, 0) is 32.5 Å². The van der Waals surface area contributed by atoms with Gasteiger partial charge in [0, 0.05) is 24.2 Å². The van der Waals surface area contributed by atoms with Crippen LogP contribution in [0.5, 0.6) is 0 Å². The first-order valence-electron chi connectivity index (χ1n) is 6.82. The van der Waals surface area contributed by atoms with Crippen LogP contribution in [0.3, 0.4) is 0 Å². The van der Waals surface area contributed by atoms with Crippen LogP contribution in [0.4, 0.5) is 0 Å². The van der Waals surface area contributed by atoms with Crippen LogP contribution in [0.25, 0.3) is 0 Å². The Kier molecular flexibility index (Phi) is 5.71. The molecule has 1 atom stereocenters. The molecule has 0 fully saturated rings. The standard InChI is InChI=1S/C16H19Cl2NO2/c1-11-12(7-9-21-11)10-19(2)8-6-15(20)13-4-3-5-14(17)16(13)18/h3-5,7,9,15,20H,6,8,10H2,1-2H3. The highest BCUT2D eigenvalue weighted by atomic mass is 35.5. The van der Waals surface area contributed by atoms with E-state index in [-0.39, 0.29) is 0 Å². The Morgan fingerprint density at radius 3 is 2.71 bits per heavy atom. The SMILES string of the molecule is Cc1occc1CN(C)CCC(O)c1cccc(Cl)c1Cl. The first kappa shape index (κ1) is 16.4. The third-order valence-corrected chi connectivity index (χ3v) is 4.36. The van der Waals surface area contributed by atoms with E-state index < -0.39 is 6.10 Å². The Balaban J connectivity index is 1.90. The van der Waals surface area contributed by atoms with E-state index in [2.05, 4.69) is 4.90 Å². The third-order valence-electron chi connectivity index (χ3n) is 3.53. The summed E-state index contributed by atoms with van der Waals surface area (Å²) >= 11 is 12.1. The number of aryl methyl sites for hydroxylation is 1. The van der Waals surface area contributed by atoms with E-state index in [0.29, 0.717) is 22.0 Å². The fourth-order valence-corrected chi connectivity index (χ4v) is 2.65. The summed E-state index contributed by atoms with van der Waals surface area (Å²) in [6.07, 6.45) is 1.66. The largest absolute Gasteiger partial charge is 0.469 e. The molecule has 0 saturated heterocycles. The fraction of sp³-hybridized carbons (Fsp3) is 0.375. The molecule has 1 aromatic heterocycles. The van der Waals surface area contributed by atoms with E-state index >= 15 is 0 Å². The number of benzene rings is 1. The lowest BCUT2D eigenvalue weighted by molar-refractivity contribution is 0.147. The Labute approximate surface area is 135 Å². The molecular formula is C16H19Cl2NO2. The van der Waals surface area contributed by atoms with E-state index in [4.69, 9.17) is 27.6 Å². The van der Waals surface area contributed by atoms with Crippen molar-refractivity contribution in [3.63, 3.8) is 0 Å². The molecular weight excluding hydrogens is 309 g/mol. The van der Waals surface area contributed by atoms with Crippen molar-refractivity contribution in [3.8, 4) is 0 Å². The average Bonchev–Trinajstić information content (AvgIpc) is 2.84. The van der Waals surface area contributed by atoms with E-state index in [1.165, 1.54) is 0 Å². The lowest BCUT2D eigenvalue weighted by atomic mass is 10.1. The Hall–Kier alpha value is -1.000. The second kappa shape index (κ2) is 7.32. The van der Waals surface area contributed by atoms with Crippen molar-refractivity contribution >= 4 is 23.2 Å². The van der Waals surface area contributed by atoms with Gasteiger partial charge in [-0.25, -0.2) is 0 Å². The van der Waals surface area contributed by atoms with Crippen LogP contribution >= 0.6 is 23.2 Å². The molecule has 2 rings (SSSR count). The molecule has 0 saturated carbocycles. The highest BCUT2D eigenvalue weighted by Crippen LogP contribution is 2.31. The van der Waals surface area contributed by atoms with E-state index in [1.54, 1.807) is 24.5 Å². The van der Waals surface area contributed by atoms with Gasteiger partial charge in [0.15, 0.2) is 0 Å². The Bertz CT molecular complexity index is 598. The number of hydrogen-bond donors (Lipinski definition) is 1. The summed E-state index contributed by atoms with van der Waals surface area (Å²) in [5.74, 6) is 0.931. The molecule has 0 aliphatic rings. The molecule has 0 bridgehead atoms. The summed E-state index contributed by atoms with van der Waals surface area (Å²) < 4.78 is 5.28. The molecule has 0 aliphatic carbocycles. The quantitative estimate of drug-likeness (QED) is 0.851. The van der Waals surface area contributed by atoms with Crippen LogP contribution in [0.2, 0.25) is 10.0 Å². The second-order valence-electron chi connectivity index (χ2n) is 5.19. The van der Waals surface area contributed by atoms with Crippen molar-refractivity contribution in [2.45, 2.75) is 26.0 Å². The number of aliphatic hydroxyl groups excluding tert-OH is 1. The number of aliphatic hydroxyl groups is 1. The molecule has 1 N–H and O–H groups in total. The minimum Gasteiger partial charge on any atom is -0.469 e. The van der Waals surface area contributed by atoms with Gasteiger partial charge in [-0.2, -0.15) is 0 Å². The van der Waals surface area contributed by atoms with Gasteiger partial charge < -0.3 is 14.4 Å². The normalized spacial score (nSPS) is 12.9. The fourth-order valence-electron chi connectivity index (χ4n) is 2.22. The Morgan fingerprint density at radius 1 is 1.29 bits per heavy atom. The van der Waals surface area contributed by atoms with Gasteiger partial charge in [-0.15, -0.1) is 0 Å². The number of halogens is 2. The molecule has 1 unspecified atom stereocenters. The number of furan rings is 1. The summed E-state index contributed by atoms with van der Waals surface area (Å²) in [5, 5.41) is 11.2. The van der Waals surface area contributed by atoms with Gasteiger partial charge in [0.05, 0.1) is 22.4 Å². The van der Waals surface area contributed by atoms with Crippen LogP contribution in [0.15, 0.2) is 34.9 Å². The van der Waals surface area contributed by atoms with Gasteiger partial charge in [-0.1, -0.05) is 35.3 Å². The maximum absolute atomic E-state index is 10.3. The lowest BCUT2D eigenvalue weighted by Crippen LogP contribution is -2.21. The maximum Gasteiger partial charge on any atom is 0.105 e. The molecule has 2 aromatic rings. The minimum atomic E-state index is -0.621. The highest BCUT2D eigenvalue weighted by molar-refractivity contribution is 6.42. The first-order chi connectivity index (χ1) is 9.99. The molecule has 0 spiro atoms. The van der Waals surface area contributed by atoms with Crippen molar-refractivity contribution in [3.05, 3.63) is 57.5 Å². The van der Waals surface area contributed by atoms with Crippen molar-refractivity contribution < 1.29 is 9.52 Å². The van der Waals surface area contributed by atoms with Gasteiger partial charge in [-0.3, -0.25) is 0 Å². The van der Waals surface area contributed by atoms with Crippen LogP contribution in [-0.4, -0.2) is 23.6 Å². The van der Waals surface area contributed by atoms with Gasteiger partial charge in [0.1, 0.15) is 5.76 Å². The van der Waals surface area contributed by atoms with Crippen LogP contribution in [0, 0.1) is 6.92 Å². The van der Waals surface area contributed by atoms with Crippen molar-refractivity contribution in [1.82, 2.24) is 4.90 Å². The molecule has 21 heavy (non-hydrogen) atoms. The zero-order valence-corrected chi connectivity index (χ0v) is 13.7. The number of rotatable bonds is 6. The molecule has 1 aromatic carbocycles. The van der Waals surface area contributed by atoms with Gasteiger partial charge >= 0.3 is 0 Å². The summed E-state index contributed by atoms with van der Waals surface area (Å²) in [6, 6.07) is 7.29. The minimum absolute atomic E-state index is 0.431. The predicted octanol–water partition coefficient (Wildman–Crippen LogP) is 4.45. The molecule has 0 aliphatic heterocycles. The zero-order chi connectivity index (χ0) is 15.4. The molecule has 3 nitrogen and oxygen atoms in total. The molecule has 0 radical (unpaired) electrons. The summed E-state index contributed by atoms with van der Waals surface area (Å²) in [5.41, 5.74) is 1.84. The maximum atomic E-state index is 10.3. The lowest BCUT2D eigenvalue weighted by Gasteiger charge is -2.19. The van der Waals surface area contributed by atoms with Crippen molar-refractivity contribution in [1.29, 1.82) is 0 Å².